The van der Waals surface area contributed by atoms with E-state index in [0.717, 1.165) is 10.1 Å². The summed E-state index contributed by atoms with van der Waals surface area (Å²) in [6, 6.07) is 11.8. The van der Waals surface area contributed by atoms with Crippen molar-refractivity contribution in [2.45, 2.75) is 0 Å². The molecule has 23 heavy (non-hydrogen) atoms. The molecule has 4 nitrogen and oxygen atoms in total. The highest BCUT2D eigenvalue weighted by Gasteiger charge is 2.19. The summed E-state index contributed by atoms with van der Waals surface area (Å²) < 4.78 is 0.816. The number of fused-ring (bicyclic) bond motifs is 1. The van der Waals surface area contributed by atoms with E-state index >= 15 is 0 Å². The maximum atomic E-state index is 12.5. The number of nitrogens with one attached hydrogen (secondary N) is 1. The number of carbonyl (C=O) groups excluding carboxylic acids is 2. The number of para-hydroxylation sites is 1. The van der Waals surface area contributed by atoms with E-state index in [-0.39, 0.29) is 5.56 Å². The Bertz CT molecular complexity index is 937. The summed E-state index contributed by atoms with van der Waals surface area (Å²) in [6.45, 7) is 0. The third-order valence-corrected chi connectivity index (χ3v) is 5.13. The van der Waals surface area contributed by atoms with Gasteiger partial charge in [0.25, 0.3) is 11.8 Å². The lowest BCUT2D eigenvalue weighted by Gasteiger charge is -2.07. The molecule has 0 bridgehead atoms. The molecule has 3 rings (SSSR count). The molecule has 3 aromatic rings. The summed E-state index contributed by atoms with van der Waals surface area (Å²) in [5, 5.41) is 4.36. The summed E-state index contributed by atoms with van der Waals surface area (Å²) in [4.78, 5) is 24.3. The Morgan fingerprint density at radius 2 is 1.83 bits per heavy atom. The van der Waals surface area contributed by atoms with Crippen molar-refractivity contribution in [3.63, 3.8) is 0 Å². The molecule has 116 valence electrons. The molecule has 7 heteroatoms. The largest absolute Gasteiger partial charge is 0.366 e. The second-order valence-corrected chi connectivity index (χ2v) is 6.62. The van der Waals surface area contributed by atoms with E-state index in [1.54, 1.807) is 42.5 Å². The van der Waals surface area contributed by atoms with Crippen LogP contribution in [0.15, 0.2) is 42.5 Å². The van der Waals surface area contributed by atoms with Crippen molar-refractivity contribution in [3.8, 4) is 0 Å². The van der Waals surface area contributed by atoms with Crippen molar-refractivity contribution in [2.75, 3.05) is 5.32 Å². The van der Waals surface area contributed by atoms with Crippen molar-refractivity contribution < 1.29 is 9.59 Å². The molecule has 0 saturated heterocycles. The number of thiophene rings is 1. The Balaban J connectivity index is 1.99. The number of hydrogen-bond donors (Lipinski definition) is 2. The second-order valence-electron chi connectivity index (χ2n) is 4.75. The van der Waals surface area contributed by atoms with Gasteiger partial charge < -0.3 is 11.1 Å². The van der Waals surface area contributed by atoms with Crippen molar-refractivity contribution in [1.82, 2.24) is 0 Å². The van der Waals surface area contributed by atoms with Gasteiger partial charge in [0.05, 0.1) is 16.3 Å². The van der Waals surface area contributed by atoms with Gasteiger partial charge in [-0.15, -0.1) is 11.3 Å². The molecule has 0 aliphatic carbocycles. The van der Waals surface area contributed by atoms with Gasteiger partial charge in [-0.3, -0.25) is 9.59 Å². The molecule has 0 spiro atoms. The van der Waals surface area contributed by atoms with Gasteiger partial charge in [0, 0.05) is 15.1 Å². The zero-order chi connectivity index (χ0) is 16.6. The van der Waals surface area contributed by atoms with E-state index in [4.69, 9.17) is 28.9 Å². The van der Waals surface area contributed by atoms with Crippen LogP contribution in [0.2, 0.25) is 10.0 Å². The maximum Gasteiger partial charge on any atom is 0.267 e. The highest BCUT2D eigenvalue weighted by molar-refractivity contribution is 7.21. The molecule has 0 fully saturated rings. The maximum absolute atomic E-state index is 12.5. The fraction of sp³-hybridized carbons (Fsp3) is 0. The number of halogens is 2. The molecule has 1 aromatic heterocycles. The molecule has 2 amide bonds. The van der Waals surface area contributed by atoms with E-state index in [9.17, 15) is 9.59 Å². The minimum absolute atomic E-state index is 0.237. The molecule has 3 N–H and O–H groups in total. The monoisotopic (exact) mass is 364 g/mol. The van der Waals surface area contributed by atoms with Crippen LogP contribution in [0.3, 0.4) is 0 Å². The van der Waals surface area contributed by atoms with Crippen LogP contribution in [0, 0.1) is 0 Å². The number of amides is 2. The third kappa shape index (κ3) is 3.03. The van der Waals surface area contributed by atoms with Crippen LogP contribution in [-0.4, -0.2) is 11.8 Å². The normalized spacial score (nSPS) is 10.7. The van der Waals surface area contributed by atoms with E-state index in [1.807, 2.05) is 0 Å². The van der Waals surface area contributed by atoms with Crippen molar-refractivity contribution >= 4 is 62.1 Å². The highest BCUT2D eigenvalue weighted by atomic mass is 35.5. The van der Waals surface area contributed by atoms with Gasteiger partial charge in [-0.05, 0) is 24.3 Å². The first-order valence-electron chi connectivity index (χ1n) is 6.55. The van der Waals surface area contributed by atoms with Crippen molar-refractivity contribution in [3.05, 3.63) is 63.0 Å². The molecule has 0 aliphatic heterocycles. The van der Waals surface area contributed by atoms with Crippen LogP contribution in [0.5, 0.6) is 0 Å². The molecular weight excluding hydrogens is 355 g/mol. The molecule has 2 aromatic carbocycles. The number of rotatable bonds is 3. The van der Waals surface area contributed by atoms with Gasteiger partial charge in [-0.1, -0.05) is 41.4 Å². The fourth-order valence-electron chi connectivity index (χ4n) is 2.17. The first-order valence-corrected chi connectivity index (χ1v) is 8.12. The van der Waals surface area contributed by atoms with Gasteiger partial charge in [-0.2, -0.15) is 0 Å². The minimum Gasteiger partial charge on any atom is -0.366 e. The number of carbonyl (C=O) groups is 2. The molecule has 0 radical (unpaired) electrons. The Kier molecular flexibility index (Phi) is 4.26. The van der Waals surface area contributed by atoms with Gasteiger partial charge in [-0.25, -0.2) is 0 Å². The first-order chi connectivity index (χ1) is 11.0. The van der Waals surface area contributed by atoms with Crippen LogP contribution >= 0.6 is 34.5 Å². The quantitative estimate of drug-likeness (QED) is 0.714. The van der Waals surface area contributed by atoms with Gasteiger partial charge in [0.2, 0.25) is 0 Å². The summed E-state index contributed by atoms with van der Waals surface area (Å²) in [5.74, 6) is -1.02. The van der Waals surface area contributed by atoms with Gasteiger partial charge in [0.15, 0.2) is 0 Å². The van der Waals surface area contributed by atoms with Gasteiger partial charge in [0.1, 0.15) is 4.88 Å². The van der Waals surface area contributed by atoms with E-state index in [0.29, 0.717) is 20.6 Å². The van der Waals surface area contributed by atoms with E-state index in [2.05, 4.69) is 5.32 Å². The number of primary amides is 1. The average molecular weight is 365 g/mol. The standard InChI is InChI=1S/C16H10Cl2N2O2S/c17-8-5-6-10-12(7-8)23-14(13(10)18)16(22)20-11-4-2-1-3-9(11)15(19)21/h1-7H,(H2,19,21)(H,20,22). The summed E-state index contributed by atoms with van der Waals surface area (Å²) in [5.41, 5.74) is 5.89. The number of nitrogens with two attached hydrogens (primary N) is 1. The molecule has 0 saturated carbocycles. The molecule has 0 unspecified atom stereocenters. The van der Waals surface area contributed by atoms with Crippen LogP contribution in [0.1, 0.15) is 20.0 Å². The highest BCUT2D eigenvalue weighted by Crippen LogP contribution is 2.37. The second kappa shape index (κ2) is 6.20. The Labute approximate surface area is 145 Å². The van der Waals surface area contributed by atoms with Crippen molar-refractivity contribution in [2.24, 2.45) is 5.73 Å². The van der Waals surface area contributed by atoms with Crippen LogP contribution < -0.4 is 11.1 Å². The summed E-state index contributed by atoms with van der Waals surface area (Å²) in [6.07, 6.45) is 0. The Morgan fingerprint density at radius 1 is 1.09 bits per heavy atom. The Hall–Kier alpha value is -2.08. The van der Waals surface area contributed by atoms with Crippen LogP contribution in [-0.2, 0) is 0 Å². The molecule has 0 atom stereocenters. The predicted octanol–water partition coefficient (Wildman–Crippen LogP) is 4.56. The smallest absolute Gasteiger partial charge is 0.267 e. The average Bonchev–Trinajstić information content (AvgIpc) is 2.84. The topological polar surface area (TPSA) is 72.2 Å². The third-order valence-electron chi connectivity index (χ3n) is 3.24. The number of hydrogen-bond acceptors (Lipinski definition) is 3. The van der Waals surface area contributed by atoms with Crippen LogP contribution in [0.25, 0.3) is 10.1 Å². The summed E-state index contributed by atoms with van der Waals surface area (Å²) in [7, 11) is 0. The Morgan fingerprint density at radius 3 is 2.57 bits per heavy atom. The molecular formula is C16H10Cl2N2O2S. The van der Waals surface area contributed by atoms with Crippen molar-refractivity contribution in [1.29, 1.82) is 0 Å². The lowest BCUT2D eigenvalue weighted by molar-refractivity contribution is 0.100. The lowest BCUT2D eigenvalue weighted by atomic mass is 10.1. The SMILES string of the molecule is NC(=O)c1ccccc1NC(=O)c1sc2cc(Cl)ccc2c1Cl. The summed E-state index contributed by atoms with van der Waals surface area (Å²) >= 11 is 13.5. The number of anilines is 1. The fourth-order valence-corrected chi connectivity index (χ4v) is 3.86. The van der Waals surface area contributed by atoms with E-state index < -0.39 is 11.8 Å². The lowest BCUT2D eigenvalue weighted by Crippen LogP contribution is -2.17. The minimum atomic E-state index is -0.616. The van der Waals surface area contributed by atoms with E-state index in [1.165, 1.54) is 11.3 Å². The predicted molar refractivity (Wildman–Crippen MR) is 94.8 cm³/mol. The zero-order valence-electron chi connectivity index (χ0n) is 11.6. The van der Waals surface area contributed by atoms with Gasteiger partial charge >= 0.3 is 0 Å². The zero-order valence-corrected chi connectivity index (χ0v) is 13.9. The molecule has 0 aliphatic rings. The van der Waals surface area contributed by atoms with Crippen LogP contribution in [0.4, 0.5) is 5.69 Å². The molecule has 1 heterocycles. The number of benzene rings is 2. The first kappa shape index (κ1) is 15.8.